The molecular formula is C16H28N2O3. The first-order chi connectivity index (χ1) is 9.96. The van der Waals surface area contributed by atoms with E-state index in [0.717, 1.165) is 12.2 Å². The second-order valence-electron chi connectivity index (χ2n) is 5.82. The number of β-amino-alcohol motifs (C(OH)–C–C–N with tert-alkyl or cyclic N) is 1. The summed E-state index contributed by atoms with van der Waals surface area (Å²) in [6.45, 7) is 5.94. The zero-order valence-corrected chi connectivity index (χ0v) is 13.3. The maximum Gasteiger partial charge on any atom is 0.119 e. The molecule has 1 aromatic rings. The lowest BCUT2D eigenvalue weighted by Gasteiger charge is -2.26. The summed E-state index contributed by atoms with van der Waals surface area (Å²) in [7, 11) is 1.69. The average Bonchev–Trinajstić information content (AvgIpc) is 2.50. The molecule has 0 aliphatic carbocycles. The van der Waals surface area contributed by atoms with Gasteiger partial charge in [0.1, 0.15) is 18.5 Å². The van der Waals surface area contributed by atoms with Crippen molar-refractivity contribution in [1.29, 1.82) is 0 Å². The Bertz CT molecular complexity index is 393. The molecule has 1 aromatic carbocycles. The van der Waals surface area contributed by atoms with E-state index in [0.29, 0.717) is 19.7 Å². The second kappa shape index (κ2) is 9.00. The van der Waals surface area contributed by atoms with Crippen LogP contribution in [0.3, 0.4) is 0 Å². The molecule has 4 N–H and O–H groups in total. The maximum atomic E-state index is 9.90. The Morgan fingerprint density at radius 3 is 2.52 bits per heavy atom. The van der Waals surface area contributed by atoms with Crippen molar-refractivity contribution in [2.75, 3.05) is 33.4 Å². The molecule has 0 aliphatic rings. The molecule has 0 saturated heterocycles. The summed E-state index contributed by atoms with van der Waals surface area (Å²) in [5, 5.41) is 13.1. The molecule has 5 nitrogen and oxygen atoms in total. The van der Waals surface area contributed by atoms with E-state index in [2.05, 4.69) is 5.32 Å². The molecule has 0 bridgehead atoms. The van der Waals surface area contributed by atoms with E-state index < -0.39 is 6.10 Å². The van der Waals surface area contributed by atoms with Gasteiger partial charge in [-0.1, -0.05) is 12.1 Å². The molecule has 120 valence electrons. The van der Waals surface area contributed by atoms with Crippen LogP contribution in [-0.2, 0) is 11.2 Å². The third-order valence-corrected chi connectivity index (χ3v) is 3.29. The summed E-state index contributed by atoms with van der Waals surface area (Å²) >= 11 is 0. The van der Waals surface area contributed by atoms with Gasteiger partial charge in [-0.3, -0.25) is 0 Å². The summed E-state index contributed by atoms with van der Waals surface area (Å²) in [5.41, 5.74) is 6.65. The van der Waals surface area contributed by atoms with Gasteiger partial charge in [0, 0.05) is 25.7 Å². The minimum atomic E-state index is -0.566. The molecule has 0 saturated carbocycles. The predicted octanol–water partition coefficient (Wildman–Crippen LogP) is 0.942. The first-order valence-corrected chi connectivity index (χ1v) is 7.30. The monoisotopic (exact) mass is 296 g/mol. The number of aliphatic hydroxyl groups is 1. The lowest BCUT2D eigenvalue weighted by atomic mass is 10.1. The van der Waals surface area contributed by atoms with Crippen LogP contribution in [0.5, 0.6) is 5.75 Å². The summed E-state index contributed by atoms with van der Waals surface area (Å²) < 4.78 is 10.6. The molecule has 0 spiro atoms. The molecule has 0 fully saturated rings. The number of nitrogens with two attached hydrogens (primary N) is 1. The van der Waals surface area contributed by atoms with Gasteiger partial charge in [-0.05, 0) is 38.0 Å². The highest BCUT2D eigenvalue weighted by Gasteiger charge is 2.16. The topological polar surface area (TPSA) is 76.7 Å². The SMILES string of the molecule is COCCc1ccc(OCC(O)CNC(C)(C)CN)cc1. The molecule has 0 radical (unpaired) electrons. The van der Waals surface area contributed by atoms with E-state index in [-0.39, 0.29) is 12.1 Å². The van der Waals surface area contributed by atoms with Crippen LogP contribution in [-0.4, -0.2) is 50.2 Å². The standard InChI is InChI=1S/C16H28N2O3/c1-16(2,12-17)18-10-14(19)11-21-15-6-4-13(5-7-15)8-9-20-3/h4-7,14,18-19H,8-12,17H2,1-3H3. The van der Waals surface area contributed by atoms with E-state index in [9.17, 15) is 5.11 Å². The summed E-state index contributed by atoms with van der Waals surface area (Å²) in [6, 6.07) is 7.84. The van der Waals surface area contributed by atoms with Crippen molar-refractivity contribution in [2.45, 2.75) is 31.9 Å². The molecule has 1 unspecified atom stereocenters. The van der Waals surface area contributed by atoms with Crippen molar-refractivity contribution in [3.05, 3.63) is 29.8 Å². The van der Waals surface area contributed by atoms with Gasteiger partial charge in [-0.25, -0.2) is 0 Å². The minimum Gasteiger partial charge on any atom is -0.491 e. The minimum absolute atomic E-state index is 0.177. The largest absolute Gasteiger partial charge is 0.491 e. The van der Waals surface area contributed by atoms with Crippen molar-refractivity contribution < 1.29 is 14.6 Å². The van der Waals surface area contributed by atoms with Crippen LogP contribution in [0, 0.1) is 0 Å². The Kier molecular flexibility index (Phi) is 7.67. The van der Waals surface area contributed by atoms with Crippen molar-refractivity contribution >= 4 is 0 Å². The smallest absolute Gasteiger partial charge is 0.119 e. The molecule has 1 atom stereocenters. The highest BCUT2D eigenvalue weighted by atomic mass is 16.5. The normalized spacial score (nSPS) is 13.2. The Balaban J connectivity index is 2.31. The lowest BCUT2D eigenvalue weighted by Crippen LogP contribution is -2.49. The van der Waals surface area contributed by atoms with E-state index in [1.165, 1.54) is 5.56 Å². The van der Waals surface area contributed by atoms with E-state index in [1.807, 2.05) is 38.1 Å². The summed E-state index contributed by atoms with van der Waals surface area (Å²) in [6.07, 6.45) is 0.321. The Morgan fingerprint density at radius 1 is 1.29 bits per heavy atom. The van der Waals surface area contributed by atoms with Gasteiger partial charge in [0.2, 0.25) is 0 Å². The van der Waals surface area contributed by atoms with Crippen molar-refractivity contribution in [3.8, 4) is 5.75 Å². The highest BCUT2D eigenvalue weighted by Crippen LogP contribution is 2.13. The number of ether oxygens (including phenoxy) is 2. The lowest BCUT2D eigenvalue weighted by molar-refractivity contribution is 0.0994. The fraction of sp³-hybridized carbons (Fsp3) is 0.625. The van der Waals surface area contributed by atoms with Gasteiger partial charge in [-0.15, -0.1) is 0 Å². The number of aliphatic hydroxyl groups excluding tert-OH is 1. The van der Waals surface area contributed by atoms with Crippen molar-refractivity contribution in [3.63, 3.8) is 0 Å². The Hall–Kier alpha value is -1.14. The number of hydrogen-bond donors (Lipinski definition) is 3. The maximum absolute atomic E-state index is 9.90. The van der Waals surface area contributed by atoms with Gasteiger partial charge in [0.25, 0.3) is 0 Å². The quantitative estimate of drug-likeness (QED) is 0.599. The molecule has 0 heterocycles. The van der Waals surface area contributed by atoms with E-state index in [1.54, 1.807) is 7.11 Å². The van der Waals surface area contributed by atoms with Crippen LogP contribution in [0.15, 0.2) is 24.3 Å². The Labute approximate surface area is 127 Å². The molecule has 5 heteroatoms. The third kappa shape index (κ3) is 7.43. The van der Waals surface area contributed by atoms with Crippen LogP contribution < -0.4 is 15.8 Å². The van der Waals surface area contributed by atoms with Gasteiger partial charge >= 0.3 is 0 Å². The zero-order valence-electron chi connectivity index (χ0n) is 13.3. The predicted molar refractivity (Wildman–Crippen MR) is 84.7 cm³/mol. The Morgan fingerprint density at radius 2 is 1.95 bits per heavy atom. The highest BCUT2D eigenvalue weighted by molar-refractivity contribution is 5.27. The summed E-state index contributed by atoms with van der Waals surface area (Å²) in [4.78, 5) is 0. The van der Waals surface area contributed by atoms with Crippen LogP contribution >= 0.6 is 0 Å². The van der Waals surface area contributed by atoms with Gasteiger partial charge in [-0.2, -0.15) is 0 Å². The first-order valence-electron chi connectivity index (χ1n) is 7.30. The fourth-order valence-corrected chi connectivity index (χ4v) is 1.69. The number of nitrogens with one attached hydrogen (secondary N) is 1. The third-order valence-electron chi connectivity index (χ3n) is 3.29. The van der Waals surface area contributed by atoms with Crippen LogP contribution in [0.25, 0.3) is 0 Å². The number of hydrogen-bond acceptors (Lipinski definition) is 5. The molecular weight excluding hydrogens is 268 g/mol. The zero-order chi connectivity index (χ0) is 15.7. The molecule has 0 amide bonds. The fourth-order valence-electron chi connectivity index (χ4n) is 1.69. The van der Waals surface area contributed by atoms with Crippen LogP contribution in [0.2, 0.25) is 0 Å². The molecule has 0 aliphatic heterocycles. The number of rotatable bonds is 10. The summed E-state index contributed by atoms with van der Waals surface area (Å²) in [5.74, 6) is 0.758. The van der Waals surface area contributed by atoms with Crippen LogP contribution in [0.4, 0.5) is 0 Å². The van der Waals surface area contributed by atoms with Crippen molar-refractivity contribution in [1.82, 2.24) is 5.32 Å². The first kappa shape index (κ1) is 17.9. The number of methoxy groups -OCH3 is 1. The molecule has 21 heavy (non-hydrogen) atoms. The van der Waals surface area contributed by atoms with E-state index in [4.69, 9.17) is 15.2 Å². The second-order valence-corrected chi connectivity index (χ2v) is 5.82. The molecule has 0 aromatic heterocycles. The van der Waals surface area contributed by atoms with E-state index >= 15 is 0 Å². The molecule has 1 rings (SSSR count). The van der Waals surface area contributed by atoms with Gasteiger partial charge in [0.05, 0.1) is 6.61 Å². The van der Waals surface area contributed by atoms with Crippen molar-refractivity contribution in [2.24, 2.45) is 5.73 Å². The number of benzene rings is 1. The average molecular weight is 296 g/mol. The van der Waals surface area contributed by atoms with Gasteiger partial charge < -0.3 is 25.6 Å². The van der Waals surface area contributed by atoms with Crippen LogP contribution in [0.1, 0.15) is 19.4 Å². The van der Waals surface area contributed by atoms with Gasteiger partial charge in [0.15, 0.2) is 0 Å².